The highest BCUT2D eigenvalue weighted by molar-refractivity contribution is 8.00. The topological polar surface area (TPSA) is 100 Å². The number of methoxy groups -OCH3 is 1. The minimum absolute atomic E-state index is 0.0236. The largest absolute Gasteiger partial charge is 0.468 e. The fraction of sp³-hybridized carbons (Fsp3) is 0.826. The van der Waals surface area contributed by atoms with E-state index < -0.39 is 5.41 Å². The lowest BCUT2D eigenvalue weighted by Gasteiger charge is -2.16. The summed E-state index contributed by atoms with van der Waals surface area (Å²) in [6.07, 6.45) is 13.2. The Kier molecular flexibility index (Phi) is 12.8. The lowest BCUT2D eigenvalue weighted by molar-refractivity contribution is -0.140. The lowest BCUT2D eigenvalue weighted by Crippen LogP contribution is -2.26. The molecule has 0 aliphatic carbocycles. The van der Waals surface area contributed by atoms with E-state index in [2.05, 4.69) is 17.0 Å². The molecule has 0 fully saturated rings. The lowest BCUT2D eigenvalue weighted by atomic mass is 9.91. The van der Waals surface area contributed by atoms with Crippen LogP contribution in [0.4, 0.5) is 5.95 Å². The van der Waals surface area contributed by atoms with E-state index in [0.29, 0.717) is 11.6 Å². The van der Waals surface area contributed by atoms with Crippen molar-refractivity contribution in [1.82, 2.24) is 14.8 Å². The number of nitrogen functional groups attached to an aromatic ring is 1. The van der Waals surface area contributed by atoms with Crippen molar-refractivity contribution in [3.8, 4) is 0 Å². The summed E-state index contributed by atoms with van der Waals surface area (Å²) in [5.41, 5.74) is 5.45. The highest BCUT2D eigenvalue weighted by Crippen LogP contribution is 2.27. The number of aromatic nitrogens is 3. The van der Waals surface area contributed by atoms with Gasteiger partial charge in [-0.05, 0) is 6.42 Å². The Morgan fingerprint density at radius 2 is 1.58 bits per heavy atom. The average Bonchev–Trinajstić information content (AvgIpc) is 3.05. The van der Waals surface area contributed by atoms with Gasteiger partial charge in [0, 0.05) is 5.41 Å². The molecule has 1 unspecified atom stereocenters. The number of hydrogen-bond donors (Lipinski definition) is 1. The van der Waals surface area contributed by atoms with Crippen LogP contribution in [0.5, 0.6) is 0 Å². The molecule has 1 heterocycles. The molecule has 0 spiro atoms. The molecule has 0 amide bonds. The number of thioether (sulfide) groups is 1. The Labute approximate surface area is 192 Å². The molecule has 0 bridgehead atoms. The van der Waals surface area contributed by atoms with Crippen molar-refractivity contribution in [1.29, 1.82) is 0 Å². The molecule has 8 heteroatoms. The zero-order chi connectivity index (χ0) is 23.3. The third kappa shape index (κ3) is 11.0. The van der Waals surface area contributed by atoms with Gasteiger partial charge in [0.15, 0.2) is 5.78 Å². The van der Waals surface area contributed by atoms with E-state index in [1.165, 1.54) is 74.9 Å². The number of ether oxygens (including phenoxy) is 1. The van der Waals surface area contributed by atoms with Crippen LogP contribution in [-0.2, 0) is 20.9 Å². The molecular formula is C23H42N4O3S. The molecule has 7 nitrogen and oxygen atoms in total. The Balaban J connectivity index is 2.45. The third-order valence-corrected chi connectivity index (χ3v) is 6.44. The van der Waals surface area contributed by atoms with Gasteiger partial charge >= 0.3 is 5.97 Å². The summed E-state index contributed by atoms with van der Waals surface area (Å²) in [4.78, 5) is 28.7. The zero-order valence-electron chi connectivity index (χ0n) is 20.1. The fourth-order valence-corrected chi connectivity index (χ4v) is 4.20. The van der Waals surface area contributed by atoms with Gasteiger partial charge in [0.2, 0.25) is 11.1 Å². The molecule has 0 aliphatic rings. The van der Waals surface area contributed by atoms with Gasteiger partial charge in [-0.2, -0.15) is 4.98 Å². The van der Waals surface area contributed by atoms with E-state index in [4.69, 9.17) is 10.5 Å². The van der Waals surface area contributed by atoms with Crippen molar-refractivity contribution in [3.63, 3.8) is 0 Å². The fourth-order valence-electron chi connectivity index (χ4n) is 3.17. The molecule has 0 saturated heterocycles. The molecule has 0 radical (unpaired) electrons. The van der Waals surface area contributed by atoms with Crippen LogP contribution in [0.2, 0.25) is 0 Å². The number of unbranched alkanes of at least 4 members (excludes halogenated alkanes) is 9. The number of carbonyl (C=O) groups excluding carboxylic acids is 2. The molecule has 31 heavy (non-hydrogen) atoms. The Bertz CT molecular complexity index is 670. The van der Waals surface area contributed by atoms with Crippen molar-refractivity contribution in [2.45, 2.75) is 115 Å². The average molecular weight is 455 g/mol. The summed E-state index contributed by atoms with van der Waals surface area (Å²) < 4.78 is 6.37. The van der Waals surface area contributed by atoms with Crippen molar-refractivity contribution in [2.24, 2.45) is 5.41 Å². The van der Waals surface area contributed by atoms with Crippen LogP contribution in [0.3, 0.4) is 0 Å². The highest BCUT2D eigenvalue weighted by Gasteiger charge is 2.25. The molecule has 1 atom stereocenters. The van der Waals surface area contributed by atoms with Gasteiger partial charge in [-0.3, -0.25) is 9.59 Å². The number of nitrogens with two attached hydrogens (primary N) is 1. The van der Waals surface area contributed by atoms with E-state index in [0.717, 1.165) is 12.8 Å². The summed E-state index contributed by atoms with van der Waals surface area (Å²) in [6, 6.07) is 0. The van der Waals surface area contributed by atoms with Crippen molar-refractivity contribution in [2.75, 3.05) is 12.8 Å². The molecule has 178 valence electrons. The first kappa shape index (κ1) is 27.5. The number of esters is 1. The van der Waals surface area contributed by atoms with Gasteiger partial charge in [-0.15, -0.1) is 5.10 Å². The van der Waals surface area contributed by atoms with Crippen molar-refractivity contribution in [3.05, 3.63) is 0 Å². The number of ketones is 1. The molecule has 0 aliphatic heterocycles. The van der Waals surface area contributed by atoms with Gasteiger partial charge in [-0.1, -0.05) is 104 Å². The molecule has 1 aromatic rings. The maximum Gasteiger partial charge on any atom is 0.319 e. The molecule has 0 saturated carbocycles. The monoisotopic (exact) mass is 454 g/mol. The molecule has 1 rings (SSSR count). The van der Waals surface area contributed by atoms with Gasteiger partial charge in [-0.25, -0.2) is 4.68 Å². The van der Waals surface area contributed by atoms with E-state index in [-0.39, 0.29) is 29.5 Å². The number of nitrogens with zero attached hydrogens (tertiary/aromatic N) is 3. The van der Waals surface area contributed by atoms with Crippen molar-refractivity contribution < 1.29 is 14.3 Å². The minimum Gasteiger partial charge on any atom is -0.468 e. The quantitative estimate of drug-likeness (QED) is 0.202. The second-order valence-electron chi connectivity index (χ2n) is 9.18. The van der Waals surface area contributed by atoms with Crippen molar-refractivity contribution >= 4 is 29.5 Å². The predicted molar refractivity (Wildman–Crippen MR) is 127 cm³/mol. The van der Waals surface area contributed by atoms with Gasteiger partial charge in [0.05, 0.1) is 7.11 Å². The molecule has 1 aromatic heterocycles. The maximum atomic E-state index is 12.3. The van der Waals surface area contributed by atoms with Gasteiger partial charge in [0.25, 0.3) is 0 Å². The van der Waals surface area contributed by atoms with Crippen LogP contribution in [0.1, 0.15) is 98.3 Å². The van der Waals surface area contributed by atoms with E-state index in [1.807, 2.05) is 20.8 Å². The van der Waals surface area contributed by atoms with Crippen LogP contribution in [0.25, 0.3) is 0 Å². The predicted octanol–water partition coefficient (Wildman–Crippen LogP) is 5.42. The standard InChI is InChI=1S/C23H42N4O3S/c1-6-7-8-9-10-11-12-13-14-15-16-18(20(29)30-5)31-22-25-21(24)27(26-22)17-19(28)23(2,3)4/h18H,6-17H2,1-5H3,(H2,24,25,26). The van der Waals surface area contributed by atoms with Gasteiger partial charge in [0.1, 0.15) is 11.8 Å². The maximum absolute atomic E-state index is 12.3. The Morgan fingerprint density at radius 3 is 2.10 bits per heavy atom. The number of hydrogen-bond acceptors (Lipinski definition) is 7. The molecule has 2 N–H and O–H groups in total. The van der Waals surface area contributed by atoms with E-state index >= 15 is 0 Å². The number of anilines is 1. The molecular weight excluding hydrogens is 412 g/mol. The summed E-state index contributed by atoms with van der Waals surface area (Å²) in [5, 5.41) is 4.37. The highest BCUT2D eigenvalue weighted by atomic mass is 32.2. The Hall–Kier alpha value is -1.57. The minimum atomic E-state index is -0.476. The van der Waals surface area contributed by atoms with Crippen LogP contribution in [0, 0.1) is 5.41 Å². The van der Waals surface area contributed by atoms with Gasteiger partial charge < -0.3 is 10.5 Å². The first-order valence-electron chi connectivity index (χ1n) is 11.7. The number of carbonyl (C=O) groups is 2. The smallest absolute Gasteiger partial charge is 0.319 e. The third-order valence-electron chi connectivity index (χ3n) is 5.34. The first-order chi connectivity index (χ1) is 14.7. The Morgan fingerprint density at radius 1 is 1.03 bits per heavy atom. The molecule has 0 aromatic carbocycles. The van der Waals surface area contributed by atoms with Crippen LogP contribution < -0.4 is 5.73 Å². The van der Waals surface area contributed by atoms with E-state index in [1.54, 1.807) is 0 Å². The van der Waals surface area contributed by atoms with Crippen LogP contribution in [0.15, 0.2) is 5.16 Å². The number of Topliss-reactive ketones (excluding diaryl/α,β-unsaturated/α-hetero) is 1. The van der Waals surface area contributed by atoms with Crippen LogP contribution in [-0.4, -0.2) is 38.9 Å². The second-order valence-corrected chi connectivity index (χ2v) is 10.4. The summed E-state index contributed by atoms with van der Waals surface area (Å²) in [6.45, 7) is 7.89. The summed E-state index contributed by atoms with van der Waals surface area (Å²) >= 11 is 1.26. The second kappa shape index (κ2) is 14.5. The summed E-state index contributed by atoms with van der Waals surface area (Å²) in [5.74, 6) is -0.0696. The zero-order valence-corrected chi connectivity index (χ0v) is 20.9. The van der Waals surface area contributed by atoms with E-state index in [9.17, 15) is 9.59 Å². The van der Waals surface area contributed by atoms with Crippen LogP contribution >= 0.6 is 11.8 Å². The SMILES string of the molecule is CCCCCCCCCCCCC(Sc1nc(N)n(CC(=O)C(C)(C)C)n1)C(=O)OC. The normalized spacial score (nSPS) is 12.7. The summed E-state index contributed by atoms with van der Waals surface area (Å²) in [7, 11) is 1.40. The number of rotatable bonds is 16. The first-order valence-corrected chi connectivity index (χ1v) is 12.5.